The monoisotopic (exact) mass is 642 g/mol. The van der Waals surface area contributed by atoms with Gasteiger partial charge in [0.1, 0.15) is 69.0 Å². The first kappa shape index (κ1) is 31.7. The summed E-state index contributed by atoms with van der Waals surface area (Å²) in [4.78, 5) is 0. The van der Waals surface area contributed by atoms with E-state index in [9.17, 15) is 0 Å². The third-order valence-electron chi connectivity index (χ3n) is 7.24. The minimum Gasteiger partial charge on any atom is -0.497 e. The fourth-order valence-electron chi connectivity index (χ4n) is 4.93. The summed E-state index contributed by atoms with van der Waals surface area (Å²) in [7, 11) is 6.47. The maximum absolute atomic E-state index is 6.45. The van der Waals surface area contributed by atoms with Gasteiger partial charge in [-0.3, -0.25) is 0 Å². The van der Waals surface area contributed by atoms with Crippen LogP contribution >= 0.6 is 0 Å². The molecule has 0 heterocycles. The van der Waals surface area contributed by atoms with E-state index in [1.807, 2.05) is 133 Å². The minimum atomic E-state index is 0.532. The van der Waals surface area contributed by atoms with Crippen LogP contribution in [0.1, 0.15) is 0 Å². The van der Waals surface area contributed by atoms with Crippen LogP contribution in [0, 0.1) is 0 Å². The Morgan fingerprint density at radius 3 is 1.04 bits per heavy atom. The van der Waals surface area contributed by atoms with Crippen molar-refractivity contribution in [2.24, 2.45) is 0 Å². The fourth-order valence-corrected chi connectivity index (χ4v) is 4.93. The van der Waals surface area contributed by atoms with Gasteiger partial charge in [-0.1, -0.05) is 24.3 Å². The summed E-state index contributed by atoms with van der Waals surface area (Å²) in [5.41, 5.74) is 1.48. The highest BCUT2D eigenvalue weighted by atomic mass is 16.5. The van der Waals surface area contributed by atoms with E-state index >= 15 is 0 Å². The van der Waals surface area contributed by atoms with E-state index in [1.54, 1.807) is 28.4 Å². The predicted octanol–water partition coefficient (Wildman–Crippen LogP) is 10.6. The molecule has 48 heavy (non-hydrogen) atoms. The minimum absolute atomic E-state index is 0.532. The smallest absolute Gasteiger partial charge is 0.135 e. The average molecular weight is 643 g/mol. The molecular weight excluding hydrogens is 608 g/mol. The number of ether oxygens (including phenoxy) is 8. The van der Waals surface area contributed by atoms with Crippen molar-refractivity contribution in [2.75, 3.05) is 28.4 Å². The summed E-state index contributed by atoms with van der Waals surface area (Å²) < 4.78 is 47.1. The molecule has 0 aliphatic rings. The zero-order valence-electron chi connectivity index (χ0n) is 27.0. The first-order valence-electron chi connectivity index (χ1n) is 15.1. The van der Waals surface area contributed by atoms with Crippen LogP contribution in [0.2, 0.25) is 0 Å². The molecule has 6 aromatic rings. The van der Waals surface area contributed by atoms with Crippen LogP contribution in [0.25, 0.3) is 11.1 Å². The summed E-state index contributed by atoms with van der Waals surface area (Å²) >= 11 is 0. The molecule has 0 saturated heterocycles. The van der Waals surface area contributed by atoms with Crippen LogP contribution in [0.4, 0.5) is 0 Å². The van der Waals surface area contributed by atoms with Gasteiger partial charge in [0.25, 0.3) is 0 Å². The van der Waals surface area contributed by atoms with Crippen molar-refractivity contribution in [2.45, 2.75) is 0 Å². The van der Waals surface area contributed by atoms with Crippen molar-refractivity contribution in [3.63, 3.8) is 0 Å². The Balaban J connectivity index is 1.46. The van der Waals surface area contributed by atoms with E-state index < -0.39 is 0 Å². The molecule has 0 amide bonds. The van der Waals surface area contributed by atoms with Gasteiger partial charge in [-0.15, -0.1) is 0 Å². The molecule has 242 valence electrons. The zero-order chi connectivity index (χ0) is 33.3. The van der Waals surface area contributed by atoms with Gasteiger partial charge in [-0.05, 0) is 84.4 Å². The largest absolute Gasteiger partial charge is 0.497 e. The van der Waals surface area contributed by atoms with E-state index in [0.29, 0.717) is 69.0 Å². The highest BCUT2D eigenvalue weighted by Gasteiger charge is 2.16. The lowest BCUT2D eigenvalue weighted by atomic mass is 10.0. The Bertz CT molecular complexity index is 1940. The molecule has 8 nitrogen and oxygen atoms in total. The highest BCUT2D eigenvalue weighted by Crippen LogP contribution is 2.42. The maximum atomic E-state index is 6.45. The molecule has 0 unspecified atom stereocenters. The number of methoxy groups -OCH3 is 4. The molecule has 0 radical (unpaired) electrons. The average Bonchev–Trinajstić information content (AvgIpc) is 3.12. The van der Waals surface area contributed by atoms with Crippen molar-refractivity contribution in [1.29, 1.82) is 0 Å². The molecule has 0 fully saturated rings. The van der Waals surface area contributed by atoms with Crippen LogP contribution in [0.15, 0.2) is 133 Å². The second-order valence-corrected chi connectivity index (χ2v) is 10.5. The van der Waals surface area contributed by atoms with Crippen LogP contribution in [0.5, 0.6) is 69.0 Å². The predicted molar refractivity (Wildman–Crippen MR) is 184 cm³/mol. The van der Waals surface area contributed by atoms with Gasteiger partial charge in [0, 0.05) is 35.9 Å². The number of rotatable bonds is 13. The second kappa shape index (κ2) is 14.9. The van der Waals surface area contributed by atoms with Crippen LogP contribution in [-0.4, -0.2) is 28.4 Å². The summed E-state index contributed by atoms with van der Waals surface area (Å²) in [5.74, 6) is 7.37. The number of hydrogen-bond donors (Lipinski definition) is 0. The molecule has 0 N–H and O–H groups in total. The van der Waals surface area contributed by atoms with Crippen molar-refractivity contribution in [1.82, 2.24) is 0 Å². The SMILES string of the molecule is COc1cccc(Oc2cc(Oc3cccc(OC)c3)cc(-c3cc(Oc4cccc(OC)c4)ccc3Oc3cccc(OC)c3)c2)c1. The first-order valence-corrected chi connectivity index (χ1v) is 15.1. The van der Waals surface area contributed by atoms with Crippen molar-refractivity contribution in [3.05, 3.63) is 133 Å². The fraction of sp³-hybridized carbons (Fsp3) is 0.100. The molecule has 0 saturated carbocycles. The number of hydrogen-bond acceptors (Lipinski definition) is 8. The van der Waals surface area contributed by atoms with E-state index in [4.69, 9.17) is 37.9 Å². The molecule has 0 aliphatic carbocycles. The Hall–Kier alpha value is -6.28. The van der Waals surface area contributed by atoms with Gasteiger partial charge in [0.2, 0.25) is 0 Å². The Morgan fingerprint density at radius 1 is 0.292 bits per heavy atom. The third-order valence-corrected chi connectivity index (χ3v) is 7.24. The molecule has 0 aliphatic heterocycles. The summed E-state index contributed by atoms with van der Waals surface area (Å²) in [6.07, 6.45) is 0. The van der Waals surface area contributed by atoms with Gasteiger partial charge in [-0.2, -0.15) is 0 Å². The molecule has 6 rings (SSSR count). The molecule has 0 aromatic heterocycles. The lowest BCUT2D eigenvalue weighted by Gasteiger charge is -2.17. The molecule has 0 bridgehead atoms. The molecule has 0 spiro atoms. The normalized spacial score (nSPS) is 10.5. The van der Waals surface area contributed by atoms with E-state index in [2.05, 4.69) is 0 Å². The highest BCUT2D eigenvalue weighted by molar-refractivity contribution is 5.75. The van der Waals surface area contributed by atoms with E-state index in [-0.39, 0.29) is 0 Å². The second-order valence-electron chi connectivity index (χ2n) is 10.5. The summed E-state index contributed by atoms with van der Waals surface area (Å²) in [6.45, 7) is 0. The molecular formula is C40H34O8. The van der Waals surface area contributed by atoms with Crippen molar-refractivity contribution in [3.8, 4) is 80.1 Å². The summed E-state index contributed by atoms with van der Waals surface area (Å²) in [5, 5.41) is 0. The third kappa shape index (κ3) is 7.92. The van der Waals surface area contributed by atoms with Crippen LogP contribution in [-0.2, 0) is 0 Å². The molecule has 6 aromatic carbocycles. The molecule has 0 atom stereocenters. The Kier molecular flexibility index (Phi) is 9.82. The summed E-state index contributed by atoms with van der Waals surface area (Å²) in [6, 6.07) is 40.9. The van der Waals surface area contributed by atoms with Gasteiger partial charge in [0.05, 0.1) is 28.4 Å². The first-order chi connectivity index (χ1) is 23.5. The van der Waals surface area contributed by atoms with Crippen molar-refractivity contribution >= 4 is 0 Å². The zero-order valence-corrected chi connectivity index (χ0v) is 27.0. The lowest BCUT2D eigenvalue weighted by Crippen LogP contribution is -1.94. The van der Waals surface area contributed by atoms with E-state index in [0.717, 1.165) is 11.1 Å². The Morgan fingerprint density at radius 2 is 0.625 bits per heavy atom. The lowest BCUT2D eigenvalue weighted by molar-refractivity contribution is 0.407. The molecule has 8 heteroatoms. The van der Waals surface area contributed by atoms with E-state index in [1.165, 1.54) is 0 Å². The quantitative estimate of drug-likeness (QED) is 0.123. The van der Waals surface area contributed by atoms with Crippen LogP contribution in [0.3, 0.4) is 0 Å². The topological polar surface area (TPSA) is 73.8 Å². The van der Waals surface area contributed by atoms with Gasteiger partial charge in [-0.25, -0.2) is 0 Å². The standard InChI is InChI=1S/C40H34O8/c1-41-28-9-5-13-32(21-28)45-36-17-18-40(48-35-16-8-12-31(24-35)44-4)39(26-36)27-19-37(46-33-14-6-10-29(22-33)42-2)25-38(20-27)47-34-15-7-11-30(23-34)43-3/h5-26H,1-4H3. The van der Waals surface area contributed by atoms with Crippen molar-refractivity contribution < 1.29 is 37.9 Å². The van der Waals surface area contributed by atoms with Gasteiger partial charge >= 0.3 is 0 Å². The maximum Gasteiger partial charge on any atom is 0.135 e. The van der Waals surface area contributed by atoms with Gasteiger partial charge in [0.15, 0.2) is 0 Å². The Labute approximate surface area is 279 Å². The van der Waals surface area contributed by atoms with Crippen LogP contribution < -0.4 is 37.9 Å². The number of benzene rings is 6. The van der Waals surface area contributed by atoms with Gasteiger partial charge < -0.3 is 37.9 Å².